The summed E-state index contributed by atoms with van der Waals surface area (Å²) in [6, 6.07) is 5.86. The number of hydrogen-bond donors (Lipinski definition) is 2. The van der Waals surface area contributed by atoms with Gasteiger partial charge in [0.05, 0.1) is 12.6 Å². The number of amides is 1. The Labute approximate surface area is 137 Å². The second-order valence-corrected chi connectivity index (χ2v) is 5.75. The molecule has 3 rings (SSSR count). The number of nitrogens with zero attached hydrogens (tertiary/aromatic N) is 2. The van der Waals surface area contributed by atoms with Crippen molar-refractivity contribution in [1.29, 1.82) is 0 Å². The van der Waals surface area contributed by atoms with Crippen LogP contribution in [0.1, 0.15) is 12.2 Å². The summed E-state index contributed by atoms with van der Waals surface area (Å²) in [6.45, 7) is -0.138. The molecule has 1 unspecified atom stereocenters. The van der Waals surface area contributed by atoms with E-state index in [4.69, 9.17) is 4.74 Å². The number of aryl methyl sites for hydroxylation is 1. The van der Waals surface area contributed by atoms with E-state index in [2.05, 4.69) is 15.6 Å². The first kappa shape index (κ1) is 16.4. The molecule has 1 aliphatic heterocycles. The van der Waals surface area contributed by atoms with E-state index < -0.39 is 30.8 Å². The molecule has 2 aromatic rings. The first-order valence-corrected chi connectivity index (χ1v) is 7.54. The van der Waals surface area contributed by atoms with Crippen molar-refractivity contribution in [2.45, 2.75) is 25.0 Å². The van der Waals surface area contributed by atoms with Gasteiger partial charge in [-0.2, -0.15) is 0 Å². The Kier molecular flexibility index (Phi) is 4.48. The Bertz CT molecular complexity index is 715. The Hall–Kier alpha value is -2.48. The van der Waals surface area contributed by atoms with Crippen LogP contribution in [-0.2, 0) is 18.4 Å². The maximum absolute atomic E-state index is 13.1. The van der Waals surface area contributed by atoms with Gasteiger partial charge < -0.3 is 14.6 Å². The van der Waals surface area contributed by atoms with E-state index in [1.807, 2.05) is 17.8 Å². The van der Waals surface area contributed by atoms with Crippen LogP contribution in [0.3, 0.4) is 0 Å². The molecule has 1 atom stereocenters. The number of anilines is 1. The lowest BCUT2D eigenvalue weighted by Crippen LogP contribution is -2.35. The van der Waals surface area contributed by atoms with Crippen LogP contribution >= 0.6 is 0 Å². The van der Waals surface area contributed by atoms with Gasteiger partial charge in [-0.15, -0.1) is 0 Å². The summed E-state index contributed by atoms with van der Waals surface area (Å²) in [7, 11) is 1.88. The zero-order valence-corrected chi connectivity index (χ0v) is 13.1. The van der Waals surface area contributed by atoms with Crippen molar-refractivity contribution in [2.24, 2.45) is 7.05 Å². The Morgan fingerprint density at radius 1 is 1.46 bits per heavy atom. The second kappa shape index (κ2) is 6.56. The largest absolute Gasteiger partial charge is 0.486 e. The van der Waals surface area contributed by atoms with Crippen LogP contribution in [0, 0.1) is 0 Å². The minimum atomic E-state index is -2.83. The van der Waals surface area contributed by atoms with Crippen LogP contribution in [0.4, 0.5) is 14.5 Å². The number of nitrogens with one attached hydrogen (secondary N) is 2. The SMILES string of the molecule is Cn1ccnc1COc1ccc(NC(=O)C2CC(F)(F)CN2)cc1. The number of aromatic nitrogens is 2. The van der Waals surface area contributed by atoms with Gasteiger partial charge in [0, 0.05) is 31.5 Å². The minimum Gasteiger partial charge on any atom is -0.486 e. The van der Waals surface area contributed by atoms with Crippen LogP contribution in [0.15, 0.2) is 36.7 Å². The van der Waals surface area contributed by atoms with E-state index >= 15 is 0 Å². The summed E-state index contributed by atoms with van der Waals surface area (Å²) in [5.41, 5.74) is 0.529. The average molecular weight is 336 g/mol. The fourth-order valence-electron chi connectivity index (χ4n) is 2.45. The summed E-state index contributed by atoms with van der Waals surface area (Å²) >= 11 is 0. The fraction of sp³-hybridized carbons (Fsp3) is 0.375. The zero-order chi connectivity index (χ0) is 17.2. The van der Waals surface area contributed by atoms with Gasteiger partial charge in [-0.1, -0.05) is 0 Å². The smallest absolute Gasteiger partial charge is 0.262 e. The summed E-state index contributed by atoms with van der Waals surface area (Å²) < 4.78 is 33.7. The quantitative estimate of drug-likeness (QED) is 0.876. The topological polar surface area (TPSA) is 68.2 Å². The van der Waals surface area contributed by atoms with E-state index in [1.54, 1.807) is 30.5 Å². The third-order valence-electron chi connectivity index (χ3n) is 3.84. The molecule has 1 saturated heterocycles. The number of halogens is 2. The lowest BCUT2D eigenvalue weighted by molar-refractivity contribution is -0.118. The molecular formula is C16H18F2N4O2. The highest BCUT2D eigenvalue weighted by molar-refractivity contribution is 5.95. The molecule has 0 aliphatic carbocycles. The number of hydrogen-bond acceptors (Lipinski definition) is 4. The third kappa shape index (κ3) is 3.88. The number of carbonyl (C=O) groups is 1. The van der Waals surface area contributed by atoms with E-state index in [0.717, 1.165) is 5.82 Å². The summed E-state index contributed by atoms with van der Waals surface area (Å²) in [4.78, 5) is 16.1. The molecule has 1 amide bonds. The predicted molar refractivity (Wildman–Crippen MR) is 84.0 cm³/mol. The van der Waals surface area contributed by atoms with Gasteiger partial charge in [0.1, 0.15) is 18.2 Å². The van der Waals surface area contributed by atoms with Crippen LogP contribution in [0.2, 0.25) is 0 Å². The molecule has 1 aliphatic rings. The first-order valence-electron chi connectivity index (χ1n) is 7.54. The van der Waals surface area contributed by atoms with Crippen LogP contribution in [0.25, 0.3) is 0 Å². The van der Waals surface area contributed by atoms with Crippen molar-refractivity contribution in [3.05, 3.63) is 42.5 Å². The molecule has 1 fully saturated rings. The van der Waals surface area contributed by atoms with Crippen molar-refractivity contribution in [3.8, 4) is 5.75 Å². The third-order valence-corrected chi connectivity index (χ3v) is 3.84. The fourth-order valence-corrected chi connectivity index (χ4v) is 2.45. The normalized spacial score (nSPS) is 19.2. The lowest BCUT2D eigenvalue weighted by Gasteiger charge is -2.12. The molecule has 24 heavy (non-hydrogen) atoms. The molecule has 1 aromatic carbocycles. The average Bonchev–Trinajstić information content (AvgIpc) is 3.12. The van der Waals surface area contributed by atoms with Gasteiger partial charge in [-0.05, 0) is 24.3 Å². The minimum absolute atomic E-state index is 0.330. The van der Waals surface area contributed by atoms with Crippen LogP contribution < -0.4 is 15.4 Å². The lowest BCUT2D eigenvalue weighted by atomic mass is 10.2. The van der Waals surface area contributed by atoms with Gasteiger partial charge in [0.25, 0.3) is 5.92 Å². The summed E-state index contributed by atoms with van der Waals surface area (Å²) in [6.07, 6.45) is 3.04. The number of rotatable bonds is 5. The van der Waals surface area contributed by atoms with Crippen molar-refractivity contribution in [3.63, 3.8) is 0 Å². The molecule has 8 heteroatoms. The Morgan fingerprint density at radius 3 is 2.79 bits per heavy atom. The standard InChI is InChI=1S/C16H18F2N4O2/c1-22-7-6-19-14(22)9-24-12-4-2-11(3-5-12)21-15(23)13-8-16(17,18)10-20-13/h2-7,13,20H,8-10H2,1H3,(H,21,23). The molecule has 128 valence electrons. The summed E-state index contributed by atoms with van der Waals surface area (Å²) in [5.74, 6) is -1.87. The van der Waals surface area contributed by atoms with Gasteiger partial charge in [0.2, 0.25) is 5.91 Å². The van der Waals surface area contributed by atoms with Crippen molar-refractivity contribution in [1.82, 2.24) is 14.9 Å². The van der Waals surface area contributed by atoms with Crippen molar-refractivity contribution in [2.75, 3.05) is 11.9 Å². The highest BCUT2D eigenvalue weighted by Crippen LogP contribution is 2.26. The molecule has 0 saturated carbocycles. The number of benzene rings is 1. The Morgan fingerprint density at radius 2 is 2.21 bits per heavy atom. The first-order chi connectivity index (χ1) is 11.4. The van der Waals surface area contributed by atoms with Gasteiger partial charge in [-0.3, -0.25) is 10.1 Å². The van der Waals surface area contributed by atoms with Gasteiger partial charge in [-0.25, -0.2) is 13.8 Å². The van der Waals surface area contributed by atoms with Crippen LogP contribution in [0.5, 0.6) is 5.75 Å². The van der Waals surface area contributed by atoms with E-state index in [9.17, 15) is 13.6 Å². The molecule has 0 spiro atoms. The number of alkyl halides is 2. The highest BCUT2D eigenvalue weighted by atomic mass is 19.3. The maximum Gasteiger partial charge on any atom is 0.262 e. The molecule has 0 bridgehead atoms. The zero-order valence-electron chi connectivity index (χ0n) is 13.1. The van der Waals surface area contributed by atoms with E-state index in [0.29, 0.717) is 18.0 Å². The monoisotopic (exact) mass is 336 g/mol. The molecule has 2 N–H and O–H groups in total. The van der Waals surface area contributed by atoms with E-state index in [-0.39, 0.29) is 0 Å². The molecule has 1 aromatic heterocycles. The molecule has 6 nitrogen and oxygen atoms in total. The highest BCUT2D eigenvalue weighted by Gasteiger charge is 2.42. The Balaban J connectivity index is 1.53. The molecular weight excluding hydrogens is 318 g/mol. The van der Waals surface area contributed by atoms with E-state index in [1.165, 1.54) is 0 Å². The second-order valence-electron chi connectivity index (χ2n) is 5.75. The van der Waals surface area contributed by atoms with Gasteiger partial charge >= 0.3 is 0 Å². The van der Waals surface area contributed by atoms with Crippen molar-refractivity contribution >= 4 is 11.6 Å². The maximum atomic E-state index is 13.1. The number of ether oxygens (including phenoxy) is 1. The number of imidazole rings is 1. The van der Waals surface area contributed by atoms with Crippen molar-refractivity contribution < 1.29 is 18.3 Å². The van der Waals surface area contributed by atoms with Gasteiger partial charge in [0.15, 0.2) is 0 Å². The predicted octanol–water partition coefficient (Wildman–Crippen LogP) is 1.93. The van der Waals surface area contributed by atoms with Crippen LogP contribution in [-0.4, -0.2) is 34.0 Å². The number of carbonyl (C=O) groups excluding carboxylic acids is 1. The molecule has 0 radical (unpaired) electrons. The summed E-state index contributed by atoms with van der Waals surface area (Å²) in [5, 5.41) is 5.14. The molecule has 2 heterocycles.